The van der Waals surface area contributed by atoms with E-state index in [2.05, 4.69) is 4.98 Å². The summed E-state index contributed by atoms with van der Waals surface area (Å²) in [7, 11) is 1.90. The number of aryl methyl sites for hydroxylation is 1. The largest absolute Gasteiger partial charge is 0.329 e. The highest BCUT2D eigenvalue weighted by atomic mass is 32.2. The monoisotopic (exact) mass is 320 g/mol. The van der Waals surface area contributed by atoms with Crippen molar-refractivity contribution >= 4 is 23.3 Å². The van der Waals surface area contributed by atoms with Gasteiger partial charge in [-0.15, -0.1) is 0 Å². The van der Waals surface area contributed by atoms with Crippen LogP contribution in [0.1, 0.15) is 31.8 Å². The molecule has 2 aromatic carbocycles. The third-order valence-electron chi connectivity index (χ3n) is 3.89. The lowest BCUT2D eigenvalue weighted by atomic mass is 9.84. The quantitative estimate of drug-likeness (QED) is 0.568. The van der Waals surface area contributed by atoms with Gasteiger partial charge in [-0.1, -0.05) is 48.2 Å². The third kappa shape index (κ3) is 2.12. The summed E-state index contributed by atoms with van der Waals surface area (Å²) >= 11 is 1.39. The summed E-state index contributed by atoms with van der Waals surface area (Å²) in [4.78, 5) is 30.6. The lowest BCUT2D eigenvalue weighted by Crippen LogP contribution is -2.21. The highest BCUT2D eigenvalue weighted by Gasteiger charge is 2.31. The van der Waals surface area contributed by atoms with Crippen molar-refractivity contribution in [2.24, 2.45) is 7.05 Å². The molecular weight excluding hydrogens is 308 g/mol. The highest BCUT2D eigenvalue weighted by molar-refractivity contribution is 7.99. The maximum absolute atomic E-state index is 12.9. The van der Waals surface area contributed by atoms with Crippen LogP contribution in [0.25, 0.3) is 0 Å². The summed E-state index contributed by atoms with van der Waals surface area (Å²) < 4.78 is 1.88. The average molecular weight is 320 g/mol. The van der Waals surface area contributed by atoms with Crippen LogP contribution in [-0.4, -0.2) is 21.1 Å². The Morgan fingerprint density at radius 1 is 0.913 bits per heavy atom. The molecule has 0 atom stereocenters. The molecule has 0 amide bonds. The van der Waals surface area contributed by atoms with Crippen LogP contribution >= 0.6 is 11.8 Å². The molecule has 1 heterocycles. The Kier molecular flexibility index (Phi) is 3.16. The molecule has 0 radical (unpaired) electrons. The van der Waals surface area contributed by atoms with Crippen molar-refractivity contribution in [2.45, 2.75) is 10.1 Å². The van der Waals surface area contributed by atoms with E-state index in [0.717, 1.165) is 10.1 Å². The predicted molar refractivity (Wildman–Crippen MR) is 87.1 cm³/mol. The predicted octanol–water partition coefficient (Wildman–Crippen LogP) is 3.35. The number of aromatic nitrogens is 2. The lowest BCUT2D eigenvalue weighted by Gasteiger charge is -2.19. The summed E-state index contributed by atoms with van der Waals surface area (Å²) in [5.41, 5.74) is 1.89. The van der Waals surface area contributed by atoms with Crippen molar-refractivity contribution in [2.75, 3.05) is 0 Å². The maximum Gasteiger partial charge on any atom is 0.195 e. The molecule has 4 nitrogen and oxygen atoms in total. The number of imidazole rings is 1. The molecule has 0 unspecified atom stereocenters. The van der Waals surface area contributed by atoms with Crippen molar-refractivity contribution in [3.05, 3.63) is 77.1 Å². The first kappa shape index (κ1) is 14.0. The molecule has 5 heteroatoms. The summed E-state index contributed by atoms with van der Waals surface area (Å²) in [6.45, 7) is 0. The summed E-state index contributed by atoms with van der Waals surface area (Å²) in [5, 5.41) is 0.775. The van der Waals surface area contributed by atoms with Gasteiger partial charge in [-0.2, -0.15) is 0 Å². The number of ketones is 2. The van der Waals surface area contributed by atoms with Gasteiger partial charge in [0.05, 0.1) is 0 Å². The first-order valence-electron chi connectivity index (χ1n) is 7.13. The molecule has 0 N–H and O–H groups in total. The maximum atomic E-state index is 12.9. The van der Waals surface area contributed by atoms with E-state index in [1.165, 1.54) is 11.8 Å². The van der Waals surface area contributed by atoms with Gasteiger partial charge in [0.15, 0.2) is 16.7 Å². The summed E-state index contributed by atoms with van der Waals surface area (Å²) in [6.07, 6.45) is 3.56. The first-order chi connectivity index (χ1) is 11.2. The molecule has 0 aliphatic heterocycles. The summed E-state index contributed by atoms with van der Waals surface area (Å²) in [6, 6.07) is 12.4. The number of benzene rings is 2. The van der Waals surface area contributed by atoms with E-state index in [1.54, 1.807) is 36.5 Å². The van der Waals surface area contributed by atoms with Crippen LogP contribution in [0.5, 0.6) is 0 Å². The number of nitrogens with zero attached hydrogens (tertiary/aromatic N) is 2. The van der Waals surface area contributed by atoms with Crippen molar-refractivity contribution < 1.29 is 9.59 Å². The second-order valence-electron chi connectivity index (χ2n) is 5.31. The van der Waals surface area contributed by atoms with Crippen molar-refractivity contribution in [3.63, 3.8) is 0 Å². The molecule has 0 saturated carbocycles. The average Bonchev–Trinajstić information content (AvgIpc) is 2.97. The van der Waals surface area contributed by atoms with Gasteiger partial charge in [0, 0.05) is 46.6 Å². The van der Waals surface area contributed by atoms with Gasteiger partial charge in [-0.05, 0) is 6.07 Å². The molecule has 23 heavy (non-hydrogen) atoms. The van der Waals surface area contributed by atoms with Crippen LogP contribution in [0.2, 0.25) is 0 Å². The van der Waals surface area contributed by atoms with Gasteiger partial charge >= 0.3 is 0 Å². The van der Waals surface area contributed by atoms with E-state index in [0.29, 0.717) is 22.3 Å². The molecule has 4 rings (SSSR count). The molecule has 112 valence electrons. The number of hydrogen-bond donors (Lipinski definition) is 0. The van der Waals surface area contributed by atoms with Gasteiger partial charge in [0.2, 0.25) is 0 Å². The van der Waals surface area contributed by atoms with Gasteiger partial charge in [0.25, 0.3) is 0 Å². The van der Waals surface area contributed by atoms with E-state index in [1.807, 2.05) is 29.9 Å². The normalized spacial score (nSPS) is 12.9. The van der Waals surface area contributed by atoms with Gasteiger partial charge in [-0.3, -0.25) is 9.59 Å². The van der Waals surface area contributed by atoms with Crippen LogP contribution in [-0.2, 0) is 7.05 Å². The highest BCUT2D eigenvalue weighted by Crippen LogP contribution is 2.36. The van der Waals surface area contributed by atoms with Crippen molar-refractivity contribution in [1.82, 2.24) is 9.55 Å². The smallest absolute Gasteiger partial charge is 0.195 e. The molecule has 0 spiro atoms. The second-order valence-corrected chi connectivity index (χ2v) is 6.31. The fraction of sp³-hybridized carbons (Fsp3) is 0.0556. The number of fused-ring (bicyclic) bond motifs is 2. The Bertz CT molecular complexity index is 959. The molecule has 1 aromatic heterocycles. The Hall–Kier alpha value is -2.66. The van der Waals surface area contributed by atoms with Crippen molar-refractivity contribution in [1.29, 1.82) is 0 Å². The number of carbonyl (C=O) groups is 2. The number of rotatable bonds is 2. The molecular formula is C18H12N2O2S. The van der Waals surface area contributed by atoms with Crippen molar-refractivity contribution in [3.8, 4) is 0 Å². The minimum atomic E-state index is -0.104. The standard InChI is InChI=1S/C18H12N2O2S/c1-20-10-9-19-18(20)23-14-8-4-7-13-15(14)17(22)12-6-3-2-5-11(12)16(13)21/h2-10H,1H3. The van der Waals surface area contributed by atoms with E-state index >= 15 is 0 Å². The van der Waals surface area contributed by atoms with Crippen LogP contribution in [0.15, 0.2) is 64.9 Å². The summed E-state index contributed by atoms with van der Waals surface area (Å²) in [5.74, 6) is -0.204. The first-order valence-corrected chi connectivity index (χ1v) is 7.95. The topological polar surface area (TPSA) is 52.0 Å². The van der Waals surface area contributed by atoms with Gasteiger partial charge in [0.1, 0.15) is 0 Å². The minimum absolute atomic E-state index is 0.0995. The molecule has 0 bridgehead atoms. The number of carbonyl (C=O) groups excluding carboxylic acids is 2. The van der Waals surface area contributed by atoms with Gasteiger partial charge < -0.3 is 4.57 Å². The zero-order valence-corrected chi connectivity index (χ0v) is 13.1. The third-order valence-corrected chi connectivity index (χ3v) is 5.03. The Morgan fingerprint density at radius 2 is 1.61 bits per heavy atom. The van der Waals surface area contributed by atoms with E-state index in [9.17, 15) is 9.59 Å². The van der Waals surface area contributed by atoms with Crippen LogP contribution in [0.3, 0.4) is 0 Å². The van der Waals surface area contributed by atoms with Crippen LogP contribution in [0.4, 0.5) is 0 Å². The Labute approximate surface area is 137 Å². The lowest BCUT2D eigenvalue weighted by molar-refractivity contribution is 0.0977. The second kappa shape index (κ2) is 5.21. The number of hydrogen-bond acceptors (Lipinski definition) is 4. The molecule has 0 saturated heterocycles. The Balaban J connectivity index is 1.89. The molecule has 0 fully saturated rings. The zero-order chi connectivity index (χ0) is 16.0. The fourth-order valence-electron chi connectivity index (χ4n) is 2.75. The van der Waals surface area contributed by atoms with E-state index in [4.69, 9.17) is 0 Å². The van der Waals surface area contributed by atoms with Crippen LogP contribution in [0, 0.1) is 0 Å². The molecule has 1 aliphatic rings. The zero-order valence-electron chi connectivity index (χ0n) is 12.3. The van der Waals surface area contributed by atoms with Gasteiger partial charge in [-0.25, -0.2) is 4.98 Å². The molecule has 1 aliphatic carbocycles. The SMILES string of the molecule is Cn1ccnc1Sc1cccc2c1C(=O)c1ccccc1C2=O. The molecule has 3 aromatic rings. The Morgan fingerprint density at radius 3 is 2.30 bits per heavy atom. The minimum Gasteiger partial charge on any atom is -0.329 e. The van der Waals surface area contributed by atoms with Crippen LogP contribution < -0.4 is 0 Å². The fourth-order valence-corrected chi connectivity index (χ4v) is 3.71. The van der Waals surface area contributed by atoms with E-state index < -0.39 is 0 Å². The van der Waals surface area contributed by atoms with E-state index in [-0.39, 0.29) is 11.6 Å².